The Morgan fingerprint density at radius 3 is 2.66 bits per heavy atom. The zero-order valence-corrected chi connectivity index (χ0v) is 22.7. The first-order chi connectivity index (χ1) is 16.7. The molecule has 180 valence electrons. The van der Waals surface area contributed by atoms with Crippen molar-refractivity contribution in [3.8, 4) is 17.2 Å². The zero-order valence-electron chi connectivity index (χ0n) is 19.5. The molecule has 6 nitrogen and oxygen atoms in total. The summed E-state index contributed by atoms with van der Waals surface area (Å²) >= 11 is 15.2. The Bertz CT molecular complexity index is 1450. The van der Waals surface area contributed by atoms with E-state index in [0.717, 1.165) is 21.1 Å². The van der Waals surface area contributed by atoms with E-state index < -0.39 is 5.91 Å². The van der Waals surface area contributed by atoms with Gasteiger partial charge in [0.25, 0.3) is 5.91 Å². The van der Waals surface area contributed by atoms with Crippen LogP contribution in [0.2, 0.25) is 5.02 Å². The van der Waals surface area contributed by atoms with Crippen molar-refractivity contribution < 1.29 is 13.9 Å². The number of nitrogens with zero attached hydrogens (tertiary/aromatic N) is 1. The Morgan fingerprint density at radius 2 is 1.94 bits per heavy atom. The number of halogens is 2. The molecule has 3 aromatic carbocycles. The SMILES string of the molecule is COc1c(C)cc(Br)cc1C(=O)NC(=S)Nc1cc(-c2nc3cc(C(C)C)ccc3o2)ccc1Cl. The van der Waals surface area contributed by atoms with Crippen LogP contribution in [0.25, 0.3) is 22.6 Å². The third-order valence-corrected chi connectivity index (χ3v) is 6.45. The van der Waals surface area contributed by atoms with E-state index in [0.29, 0.717) is 39.4 Å². The van der Waals surface area contributed by atoms with Crippen molar-refractivity contribution in [2.75, 3.05) is 12.4 Å². The van der Waals surface area contributed by atoms with E-state index in [9.17, 15) is 4.79 Å². The monoisotopic (exact) mass is 571 g/mol. The lowest BCUT2D eigenvalue weighted by Crippen LogP contribution is -2.34. The summed E-state index contributed by atoms with van der Waals surface area (Å²) in [5, 5.41) is 6.19. The van der Waals surface area contributed by atoms with E-state index in [4.69, 9.17) is 33.0 Å². The van der Waals surface area contributed by atoms with Crippen molar-refractivity contribution in [1.82, 2.24) is 10.3 Å². The van der Waals surface area contributed by atoms with Gasteiger partial charge in [0.2, 0.25) is 5.89 Å². The van der Waals surface area contributed by atoms with E-state index >= 15 is 0 Å². The number of nitrogens with one attached hydrogen (secondary N) is 2. The van der Waals surface area contributed by atoms with Gasteiger partial charge in [0.1, 0.15) is 11.3 Å². The standard InChI is InChI=1S/C26H23BrClN3O3S/c1-13(2)15-6-8-22-21(10-15)29-25(34-22)16-5-7-19(28)20(11-16)30-26(35)31-24(32)18-12-17(27)9-14(3)23(18)33-4/h5-13H,1-4H3,(H2,30,31,32,35). The number of carbonyl (C=O) groups excluding carboxylic acids is 1. The number of ether oxygens (including phenoxy) is 1. The van der Waals surface area contributed by atoms with Crippen LogP contribution in [0.4, 0.5) is 5.69 Å². The zero-order chi connectivity index (χ0) is 25.3. The molecule has 0 aliphatic rings. The number of carbonyl (C=O) groups is 1. The molecule has 1 aromatic heterocycles. The summed E-state index contributed by atoms with van der Waals surface area (Å²) in [5.74, 6) is 0.925. The number of aryl methyl sites for hydroxylation is 1. The largest absolute Gasteiger partial charge is 0.496 e. The van der Waals surface area contributed by atoms with Gasteiger partial charge in [-0.3, -0.25) is 10.1 Å². The van der Waals surface area contributed by atoms with Crippen LogP contribution in [0.15, 0.2) is 57.4 Å². The molecule has 0 spiro atoms. The van der Waals surface area contributed by atoms with Gasteiger partial charge in [-0.2, -0.15) is 0 Å². The molecule has 0 atom stereocenters. The summed E-state index contributed by atoms with van der Waals surface area (Å²) < 4.78 is 12.1. The van der Waals surface area contributed by atoms with Gasteiger partial charge in [0, 0.05) is 10.0 Å². The number of hydrogen-bond acceptors (Lipinski definition) is 5. The molecule has 0 aliphatic carbocycles. The molecule has 0 unspecified atom stereocenters. The highest BCUT2D eigenvalue weighted by Crippen LogP contribution is 2.32. The van der Waals surface area contributed by atoms with Gasteiger partial charge in [0.15, 0.2) is 10.7 Å². The molecule has 35 heavy (non-hydrogen) atoms. The molecule has 4 rings (SSSR count). The van der Waals surface area contributed by atoms with Gasteiger partial charge in [-0.1, -0.05) is 47.4 Å². The van der Waals surface area contributed by atoms with E-state index in [1.54, 1.807) is 18.2 Å². The Labute approximate surface area is 222 Å². The maximum Gasteiger partial charge on any atom is 0.261 e. The summed E-state index contributed by atoms with van der Waals surface area (Å²) in [6.07, 6.45) is 0. The fraction of sp³-hybridized carbons (Fsp3) is 0.192. The molecule has 0 radical (unpaired) electrons. The van der Waals surface area contributed by atoms with Crippen LogP contribution in [-0.4, -0.2) is 23.1 Å². The Balaban J connectivity index is 1.55. The second kappa shape index (κ2) is 10.4. The third-order valence-electron chi connectivity index (χ3n) is 5.46. The van der Waals surface area contributed by atoms with Gasteiger partial charge >= 0.3 is 0 Å². The average molecular weight is 573 g/mol. The number of anilines is 1. The number of hydrogen-bond donors (Lipinski definition) is 2. The molecular formula is C26H23BrClN3O3S. The maximum absolute atomic E-state index is 12.9. The normalized spacial score (nSPS) is 11.1. The smallest absolute Gasteiger partial charge is 0.261 e. The van der Waals surface area contributed by atoms with Crippen LogP contribution in [0.3, 0.4) is 0 Å². The lowest BCUT2D eigenvalue weighted by atomic mass is 10.0. The van der Waals surface area contributed by atoms with Crippen LogP contribution in [0, 0.1) is 6.92 Å². The molecule has 0 saturated carbocycles. The summed E-state index contributed by atoms with van der Waals surface area (Å²) in [5.41, 5.74) is 5.09. The molecule has 0 aliphatic heterocycles. The second-order valence-electron chi connectivity index (χ2n) is 8.31. The lowest BCUT2D eigenvalue weighted by Gasteiger charge is -2.14. The van der Waals surface area contributed by atoms with Gasteiger partial charge < -0.3 is 14.5 Å². The van der Waals surface area contributed by atoms with E-state index in [1.807, 2.05) is 37.3 Å². The van der Waals surface area contributed by atoms with Crippen LogP contribution in [0.1, 0.15) is 41.3 Å². The number of fused-ring (bicyclic) bond motifs is 1. The van der Waals surface area contributed by atoms with Gasteiger partial charge in [0.05, 0.1) is 23.4 Å². The predicted octanol–water partition coefficient (Wildman–Crippen LogP) is 7.48. The number of rotatable bonds is 5. The van der Waals surface area contributed by atoms with Crippen LogP contribution < -0.4 is 15.4 Å². The topological polar surface area (TPSA) is 76.4 Å². The third kappa shape index (κ3) is 5.50. The highest BCUT2D eigenvalue weighted by molar-refractivity contribution is 9.10. The minimum Gasteiger partial charge on any atom is -0.496 e. The molecule has 2 N–H and O–H groups in total. The second-order valence-corrected chi connectivity index (χ2v) is 10.0. The first-order valence-corrected chi connectivity index (χ1v) is 12.4. The van der Waals surface area contributed by atoms with Crippen LogP contribution >= 0.6 is 39.7 Å². The molecular weight excluding hydrogens is 550 g/mol. The average Bonchev–Trinajstić information content (AvgIpc) is 3.23. The Kier molecular flexibility index (Phi) is 7.44. The molecule has 0 fully saturated rings. The van der Waals surface area contributed by atoms with Crippen LogP contribution in [-0.2, 0) is 0 Å². The van der Waals surface area contributed by atoms with Crippen molar-refractivity contribution in [3.63, 3.8) is 0 Å². The maximum atomic E-state index is 12.9. The van der Waals surface area contributed by atoms with Crippen LogP contribution in [0.5, 0.6) is 5.75 Å². The molecule has 1 amide bonds. The van der Waals surface area contributed by atoms with Crippen molar-refractivity contribution >= 4 is 67.6 Å². The molecule has 0 saturated heterocycles. The predicted molar refractivity (Wildman–Crippen MR) is 148 cm³/mol. The molecule has 0 bridgehead atoms. The molecule has 1 heterocycles. The number of thiocarbonyl (C=S) groups is 1. The van der Waals surface area contributed by atoms with E-state index in [1.165, 1.54) is 12.7 Å². The van der Waals surface area contributed by atoms with Crippen molar-refractivity contribution in [2.45, 2.75) is 26.7 Å². The molecule has 9 heteroatoms. The minimum absolute atomic E-state index is 0.0906. The molecule has 4 aromatic rings. The fourth-order valence-corrected chi connectivity index (χ4v) is 4.61. The van der Waals surface area contributed by atoms with Gasteiger partial charge in [-0.25, -0.2) is 4.98 Å². The number of benzene rings is 3. The Morgan fingerprint density at radius 1 is 1.17 bits per heavy atom. The number of oxazole rings is 1. The quantitative estimate of drug-likeness (QED) is 0.242. The lowest BCUT2D eigenvalue weighted by molar-refractivity contribution is 0.0974. The summed E-state index contributed by atoms with van der Waals surface area (Å²) in [6, 6.07) is 14.9. The first-order valence-electron chi connectivity index (χ1n) is 10.8. The minimum atomic E-state index is -0.407. The number of methoxy groups -OCH3 is 1. The van der Waals surface area contributed by atoms with Crippen molar-refractivity contribution in [2.24, 2.45) is 0 Å². The number of amides is 1. The van der Waals surface area contributed by atoms with Crippen molar-refractivity contribution in [1.29, 1.82) is 0 Å². The summed E-state index contributed by atoms with van der Waals surface area (Å²) in [6.45, 7) is 6.13. The van der Waals surface area contributed by atoms with Crippen molar-refractivity contribution in [3.05, 3.63) is 74.7 Å². The Hall–Kier alpha value is -2.94. The van der Waals surface area contributed by atoms with E-state index in [2.05, 4.69) is 45.4 Å². The summed E-state index contributed by atoms with van der Waals surface area (Å²) in [7, 11) is 1.52. The highest BCUT2D eigenvalue weighted by atomic mass is 79.9. The fourth-order valence-electron chi connectivity index (χ4n) is 3.67. The number of aromatic nitrogens is 1. The van der Waals surface area contributed by atoms with Gasteiger partial charge in [-0.15, -0.1) is 0 Å². The highest BCUT2D eigenvalue weighted by Gasteiger charge is 2.18. The first kappa shape index (κ1) is 25.2. The van der Waals surface area contributed by atoms with Gasteiger partial charge in [-0.05, 0) is 78.7 Å². The summed E-state index contributed by atoms with van der Waals surface area (Å²) in [4.78, 5) is 17.5. The van der Waals surface area contributed by atoms with E-state index in [-0.39, 0.29) is 5.11 Å².